The number of hydrogen-bond donors (Lipinski definition) is 1. The smallest absolute Gasteiger partial charge is 0.314 e. The van der Waals surface area contributed by atoms with Crippen molar-refractivity contribution in [1.29, 1.82) is 0 Å². The Kier molecular flexibility index (Phi) is 52.6. The van der Waals surface area contributed by atoms with Crippen LogP contribution in [0.2, 0.25) is 0 Å². The zero-order chi connectivity index (χ0) is 95.0. The van der Waals surface area contributed by atoms with Gasteiger partial charge in [-0.25, -0.2) is 0 Å². The van der Waals surface area contributed by atoms with Crippen LogP contribution < -0.4 is 10.1 Å². The van der Waals surface area contributed by atoms with Crippen molar-refractivity contribution in [2.75, 3.05) is 19.8 Å². The molecule has 0 saturated carbocycles. The van der Waals surface area contributed by atoms with E-state index in [-0.39, 0.29) is 101 Å². The third-order valence-corrected chi connectivity index (χ3v) is 16.8. The van der Waals surface area contributed by atoms with Crippen molar-refractivity contribution in [3.63, 3.8) is 0 Å². The van der Waals surface area contributed by atoms with E-state index in [4.69, 9.17) is 33.2 Å². The molecular formula is C107H205NO9. The van der Waals surface area contributed by atoms with Gasteiger partial charge in [-0.3, -0.25) is 9.59 Å². The van der Waals surface area contributed by atoms with Crippen LogP contribution in [0.3, 0.4) is 0 Å². The predicted octanol–water partition coefficient (Wildman–Crippen LogP) is 31.9. The van der Waals surface area contributed by atoms with E-state index in [1.165, 1.54) is 23.1 Å². The van der Waals surface area contributed by atoms with Crippen molar-refractivity contribution in [2.24, 2.45) is 55.2 Å². The summed E-state index contributed by atoms with van der Waals surface area (Å²) < 4.78 is 39.7. The summed E-state index contributed by atoms with van der Waals surface area (Å²) >= 11 is 0. The van der Waals surface area contributed by atoms with E-state index in [1.54, 1.807) is 0 Å². The van der Waals surface area contributed by atoms with Crippen molar-refractivity contribution in [3.05, 3.63) is 101 Å². The predicted molar refractivity (Wildman–Crippen MR) is 518 cm³/mol. The average molecular weight is 1650 g/mol. The number of hydrogen-bond acceptors (Lipinski definition) is 10. The van der Waals surface area contributed by atoms with Crippen LogP contribution in [0.1, 0.15) is 443 Å². The Labute approximate surface area is 732 Å². The normalized spacial score (nSPS) is 14.3. The van der Waals surface area contributed by atoms with Gasteiger partial charge in [0.2, 0.25) is 0 Å². The molecule has 0 aliphatic rings. The molecule has 10 heteroatoms. The van der Waals surface area contributed by atoms with E-state index in [2.05, 4.69) is 374 Å². The third-order valence-electron chi connectivity index (χ3n) is 16.8. The van der Waals surface area contributed by atoms with Gasteiger partial charge in [-0.1, -0.05) is 295 Å². The minimum absolute atomic E-state index is 0.00722. The van der Waals surface area contributed by atoms with Gasteiger partial charge in [0.25, 0.3) is 0 Å². The lowest BCUT2D eigenvalue weighted by atomic mass is 9.76. The van der Waals surface area contributed by atoms with Crippen molar-refractivity contribution >= 4 is 11.9 Å². The highest BCUT2D eigenvalue weighted by Gasteiger charge is 2.37. The molecule has 4 atom stereocenters. The Balaban J connectivity index is -0.000000299. The minimum atomic E-state index is -0.449. The van der Waals surface area contributed by atoms with Crippen LogP contribution in [0, 0.1) is 55.2 Å². The van der Waals surface area contributed by atoms with Crippen LogP contribution in [0.4, 0.5) is 0 Å². The molecular weight excluding hydrogens is 1440 g/mol. The van der Waals surface area contributed by atoms with Crippen LogP contribution in [0.15, 0.2) is 78.9 Å². The molecule has 3 rings (SSSR count). The van der Waals surface area contributed by atoms with E-state index in [0.29, 0.717) is 34.4 Å². The van der Waals surface area contributed by atoms with Crippen LogP contribution in [0.5, 0.6) is 5.75 Å². The molecule has 0 fully saturated rings. The number of esters is 2. The molecule has 692 valence electrons. The highest BCUT2D eigenvalue weighted by Crippen LogP contribution is 2.38. The molecule has 1 N–H and O–H groups in total. The van der Waals surface area contributed by atoms with Crippen LogP contribution in [-0.4, -0.2) is 88.7 Å². The number of nitrogens with one attached hydrogen (secondary N) is 1. The van der Waals surface area contributed by atoms with E-state index >= 15 is 0 Å². The van der Waals surface area contributed by atoms with Gasteiger partial charge in [-0.05, 0) is 293 Å². The maximum absolute atomic E-state index is 12.4. The number of benzene rings is 3. The zero-order valence-corrected chi connectivity index (χ0v) is 89.3. The van der Waals surface area contributed by atoms with Gasteiger partial charge in [-0.15, -0.1) is 0 Å². The summed E-state index contributed by atoms with van der Waals surface area (Å²) in [7, 11) is 0. The molecule has 0 spiro atoms. The third kappa shape index (κ3) is 81.6. The standard InChI is InChI=1S/C16H27N.C16H24O2.C14H22O.C12H26O.C11H22O2.2C10H22O.C9H20O.C9H20/c1-15(2,3)14-9-7-13(8-10-14)11-12-17-16(4,5)6;1-15(2,3)13(12-10-8-7-9-11-12)14(17)18-16(4,5)6;1-13(2,3)11-7-9-12(10-8-11)15-14(4,5)6;1-9(2)10(11(3,4)5)13-12(6,7)8;1-8(10(2,3)4)9(12)13-11(5,6)7;1-9(2,3)7-8-11-10(4,5)6;1-8(9(2,3)4)11-10(5,6)7;1-8(2,3)7-10-9(4,5)6;1-8(2,3)7-9(4,5)6/h7-10,17H,11-12H2,1-6H3;7-11,13H,1-6H3;7-10H,1-6H3;9-10H,1-8H3;8H,1-7H3;7-8H2,1-6H3;8H,1-7H3;7H2,1-6H3;7H2,1-6H3. The Bertz CT molecular complexity index is 3000. The fourth-order valence-electron chi connectivity index (χ4n) is 11.0. The van der Waals surface area contributed by atoms with Crippen molar-refractivity contribution in [1.82, 2.24) is 5.32 Å². The molecule has 117 heavy (non-hydrogen) atoms. The van der Waals surface area contributed by atoms with Gasteiger partial charge in [-0.2, -0.15) is 0 Å². The van der Waals surface area contributed by atoms with Crippen molar-refractivity contribution in [3.8, 4) is 5.75 Å². The lowest BCUT2D eigenvalue weighted by Gasteiger charge is -2.38. The quantitative estimate of drug-likeness (QED) is 0.166. The molecule has 0 amide bonds. The van der Waals surface area contributed by atoms with E-state index < -0.39 is 5.60 Å². The first-order chi connectivity index (χ1) is 50.8. The SMILES string of the molecule is CC(C(=O)OC(C)(C)C)C(C)(C)C.CC(C)(C)CC(C)(C)C.CC(C)(C)CCOC(C)(C)C.CC(C)(C)COC(C)(C)C.CC(C)(C)NCCc1ccc(C(C)(C)C)cc1.CC(C)(C)OC(=O)C(c1ccccc1)C(C)(C)C.CC(C)(C)Oc1ccc(C(C)(C)C)cc1.CC(C)C(OC(C)(C)C)C(C)(C)C.CC(OC(C)(C)C)C(C)(C)C. The van der Waals surface area contributed by atoms with Gasteiger partial charge in [0.15, 0.2) is 0 Å². The van der Waals surface area contributed by atoms with Crippen molar-refractivity contribution in [2.45, 2.75) is 495 Å². The number of carbonyl (C=O) groups is 2. The lowest BCUT2D eigenvalue weighted by Crippen LogP contribution is -2.40. The molecule has 0 aromatic heterocycles. The van der Waals surface area contributed by atoms with Gasteiger partial charge >= 0.3 is 11.9 Å². The van der Waals surface area contributed by atoms with Crippen LogP contribution >= 0.6 is 0 Å². The molecule has 0 radical (unpaired) electrons. The molecule has 10 nitrogen and oxygen atoms in total. The number of rotatable bonds is 13. The van der Waals surface area contributed by atoms with E-state index in [0.717, 1.165) is 43.9 Å². The first kappa shape index (κ1) is 124. The summed E-state index contributed by atoms with van der Waals surface area (Å²) in [6.45, 7) is 127. The van der Waals surface area contributed by atoms with Crippen LogP contribution in [-0.2, 0) is 55.3 Å². The molecule has 0 aliphatic carbocycles. The lowest BCUT2D eigenvalue weighted by molar-refractivity contribution is -0.163. The maximum Gasteiger partial charge on any atom is 0.314 e. The fourth-order valence-corrected chi connectivity index (χ4v) is 11.0. The highest BCUT2D eigenvalue weighted by atomic mass is 16.6. The first-order valence-electron chi connectivity index (χ1n) is 44.6. The van der Waals surface area contributed by atoms with Gasteiger partial charge < -0.3 is 38.5 Å². The van der Waals surface area contributed by atoms with E-state index in [9.17, 15) is 9.59 Å². The Hall–Kier alpha value is -3.80. The molecule has 3 aromatic rings. The topological polar surface area (TPSA) is 111 Å². The number of ether oxygens (including phenoxy) is 7. The molecule has 0 aliphatic heterocycles. The van der Waals surface area contributed by atoms with Crippen LogP contribution in [0.25, 0.3) is 0 Å². The van der Waals surface area contributed by atoms with Crippen molar-refractivity contribution < 1.29 is 42.7 Å². The molecule has 3 aromatic carbocycles. The second-order valence-electron chi connectivity index (χ2n) is 52.3. The number of carbonyl (C=O) groups excluding carboxylic acids is 2. The summed E-state index contributed by atoms with van der Waals surface area (Å²) in [6.07, 6.45) is 4.15. The molecule has 0 heterocycles. The maximum atomic E-state index is 12.4. The largest absolute Gasteiger partial charge is 0.488 e. The Morgan fingerprint density at radius 1 is 0.350 bits per heavy atom. The fraction of sp³-hybridized carbons (Fsp3) is 0.813. The summed E-state index contributed by atoms with van der Waals surface area (Å²) in [4.78, 5) is 24.0. The monoisotopic (exact) mass is 1650 g/mol. The summed E-state index contributed by atoms with van der Waals surface area (Å²) in [5, 5.41) is 3.52. The Morgan fingerprint density at radius 3 is 0.949 bits per heavy atom. The van der Waals surface area contributed by atoms with Gasteiger partial charge in [0.1, 0.15) is 22.6 Å². The molecule has 0 saturated heterocycles. The second kappa shape index (κ2) is 49.6. The highest BCUT2D eigenvalue weighted by molar-refractivity contribution is 5.79. The zero-order valence-electron chi connectivity index (χ0n) is 89.3. The molecule has 4 unspecified atom stereocenters. The summed E-state index contributed by atoms with van der Waals surface area (Å²) in [5.74, 6) is 0.945. The van der Waals surface area contributed by atoms with E-state index in [1.807, 2.05) is 112 Å². The van der Waals surface area contributed by atoms with Gasteiger partial charge in [0, 0.05) is 12.1 Å². The second-order valence-corrected chi connectivity index (χ2v) is 52.3. The summed E-state index contributed by atoms with van der Waals surface area (Å²) in [6, 6.07) is 27.2. The minimum Gasteiger partial charge on any atom is -0.488 e. The molecule has 0 bridgehead atoms. The van der Waals surface area contributed by atoms with Gasteiger partial charge in [0.05, 0.1) is 53.1 Å². The Morgan fingerprint density at radius 2 is 0.718 bits per heavy atom. The summed E-state index contributed by atoms with van der Waals surface area (Å²) in [5.41, 5.74) is 6.79. The first-order valence-corrected chi connectivity index (χ1v) is 44.6. The average Bonchev–Trinajstić information content (AvgIpc) is 0.767.